The number of nitrogens with zero attached hydrogens (tertiary/aromatic N) is 1. The molecular formula is C11H15NO2. The number of fused-ring (bicyclic) bond motifs is 1. The Balaban J connectivity index is 2.34. The van der Waals surface area contributed by atoms with Crippen LogP contribution in [0.2, 0.25) is 0 Å². The molecular weight excluding hydrogens is 178 g/mol. The number of carbonyl (C=O) groups is 2. The van der Waals surface area contributed by atoms with Gasteiger partial charge in [0, 0.05) is 7.05 Å². The molecule has 1 saturated heterocycles. The molecule has 0 aromatic heterocycles. The van der Waals surface area contributed by atoms with E-state index in [2.05, 4.69) is 13.8 Å². The maximum Gasteiger partial charge on any atom is 0.233 e. The molecule has 3 nitrogen and oxygen atoms in total. The van der Waals surface area contributed by atoms with Crippen molar-refractivity contribution in [3.8, 4) is 0 Å². The number of hydrogen-bond acceptors (Lipinski definition) is 2. The Labute approximate surface area is 83.8 Å². The fourth-order valence-electron chi connectivity index (χ4n) is 2.42. The molecule has 2 rings (SSSR count). The van der Waals surface area contributed by atoms with Crippen molar-refractivity contribution < 1.29 is 9.59 Å². The zero-order chi connectivity index (χ0) is 10.5. The third-order valence-corrected chi connectivity index (χ3v) is 3.56. The number of allylic oxidation sites excluding steroid dienone is 2. The van der Waals surface area contributed by atoms with Crippen molar-refractivity contribution in [2.45, 2.75) is 26.7 Å². The maximum atomic E-state index is 11.7. The predicted octanol–water partition coefficient (Wildman–Crippen LogP) is 1.35. The van der Waals surface area contributed by atoms with Crippen molar-refractivity contribution in [3.05, 3.63) is 11.1 Å². The number of carbonyl (C=O) groups excluding carboxylic acids is 2. The molecule has 3 heteroatoms. The summed E-state index contributed by atoms with van der Waals surface area (Å²) < 4.78 is 0. The van der Waals surface area contributed by atoms with Crippen molar-refractivity contribution in [1.29, 1.82) is 0 Å². The highest BCUT2D eigenvalue weighted by atomic mass is 16.2. The Morgan fingerprint density at radius 3 is 1.71 bits per heavy atom. The minimum Gasteiger partial charge on any atom is -0.285 e. The topological polar surface area (TPSA) is 37.4 Å². The van der Waals surface area contributed by atoms with Crippen molar-refractivity contribution >= 4 is 11.8 Å². The Kier molecular flexibility index (Phi) is 1.98. The van der Waals surface area contributed by atoms with E-state index >= 15 is 0 Å². The lowest BCUT2D eigenvalue weighted by Crippen LogP contribution is -2.26. The van der Waals surface area contributed by atoms with E-state index in [4.69, 9.17) is 0 Å². The average molecular weight is 193 g/mol. The SMILES string of the molecule is CC1=C(C)CC2C(=O)N(C)C(=O)C2C1. The Morgan fingerprint density at radius 1 is 1.00 bits per heavy atom. The van der Waals surface area contributed by atoms with Crippen molar-refractivity contribution in [2.24, 2.45) is 11.8 Å². The van der Waals surface area contributed by atoms with Gasteiger partial charge in [-0.2, -0.15) is 0 Å². The molecule has 0 aromatic carbocycles. The molecule has 0 N–H and O–H groups in total. The van der Waals surface area contributed by atoms with E-state index in [1.165, 1.54) is 16.0 Å². The van der Waals surface area contributed by atoms with Crippen LogP contribution in [0.5, 0.6) is 0 Å². The average Bonchev–Trinajstić information content (AvgIpc) is 2.34. The van der Waals surface area contributed by atoms with Crippen LogP contribution in [0.1, 0.15) is 26.7 Å². The summed E-state index contributed by atoms with van der Waals surface area (Å²) in [6.07, 6.45) is 1.54. The molecule has 0 saturated carbocycles. The first kappa shape index (κ1) is 9.44. The first-order chi connectivity index (χ1) is 6.52. The molecule has 14 heavy (non-hydrogen) atoms. The van der Waals surface area contributed by atoms with Gasteiger partial charge >= 0.3 is 0 Å². The van der Waals surface area contributed by atoms with Gasteiger partial charge in [0.25, 0.3) is 0 Å². The summed E-state index contributed by atoms with van der Waals surface area (Å²) >= 11 is 0. The van der Waals surface area contributed by atoms with E-state index in [1.54, 1.807) is 7.05 Å². The van der Waals surface area contributed by atoms with Gasteiger partial charge in [0.15, 0.2) is 0 Å². The summed E-state index contributed by atoms with van der Waals surface area (Å²) in [5, 5.41) is 0. The highest BCUT2D eigenvalue weighted by Crippen LogP contribution is 2.39. The molecule has 76 valence electrons. The van der Waals surface area contributed by atoms with Crippen LogP contribution in [0.15, 0.2) is 11.1 Å². The number of imide groups is 1. The van der Waals surface area contributed by atoms with Gasteiger partial charge in [0.2, 0.25) is 11.8 Å². The molecule has 1 aliphatic heterocycles. The van der Waals surface area contributed by atoms with Gasteiger partial charge in [-0.3, -0.25) is 14.5 Å². The van der Waals surface area contributed by atoms with E-state index in [-0.39, 0.29) is 23.7 Å². The van der Waals surface area contributed by atoms with Crippen molar-refractivity contribution in [2.75, 3.05) is 7.05 Å². The molecule has 0 radical (unpaired) electrons. The largest absolute Gasteiger partial charge is 0.285 e. The first-order valence-electron chi connectivity index (χ1n) is 4.99. The molecule has 1 heterocycles. The van der Waals surface area contributed by atoms with E-state index in [0.717, 1.165) is 12.8 Å². The lowest BCUT2D eigenvalue weighted by atomic mass is 9.78. The Morgan fingerprint density at radius 2 is 1.36 bits per heavy atom. The van der Waals surface area contributed by atoms with Gasteiger partial charge in [-0.15, -0.1) is 0 Å². The molecule has 1 aliphatic carbocycles. The first-order valence-corrected chi connectivity index (χ1v) is 4.99. The van der Waals surface area contributed by atoms with Gasteiger partial charge in [-0.25, -0.2) is 0 Å². The van der Waals surface area contributed by atoms with Gasteiger partial charge in [0.1, 0.15) is 0 Å². The molecule has 0 spiro atoms. The zero-order valence-electron chi connectivity index (χ0n) is 8.83. The van der Waals surface area contributed by atoms with Gasteiger partial charge in [-0.05, 0) is 26.7 Å². The highest BCUT2D eigenvalue weighted by molar-refractivity contribution is 6.05. The summed E-state index contributed by atoms with van der Waals surface area (Å²) in [5.41, 5.74) is 2.56. The second-order valence-electron chi connectivity index (χ2n) is 4.42. The third-order valence-electron chi connectivity index (χ3n) is 3.56. The Hall–Kier alpha value is -1.12. The third kappa shape index (κ3) is 1.11. The van der Waals surface area contributed by atoms with E-state index in [0.29, 0.717) is 0 Å². The van der Waals surface area contributed by atoms with Crippen LogP contribution in [0, 0.1) is 11.8 Å². The number of rotatable bonds is 0. The smallest absolute Gasteiger partial charge is 0.233 e. The zero-order valence-corrected chi connectivity index (χ0v) is 8.83. The quantitative estimate of drug-likeness (QED) is 0.430. The summed E-state index contributed by atoms with van der Waals surface area (Å²) in [6.45, 7) is 4.11. The predicted molar refractivity (Wildman–Crippen MR) is 52.4 cm³/mol. The number of amides is 2. The maximum absolute atomic E-state index is 11.7. The number of hydrogen-bond donors (Lipinski definition) is 0. The normalized spacial score (nSPS) is 32.6. The Bertz CT molecular complexity index is 311. The molecule has 2 atom stereocenters. The molecule has 2 aliphatic rings. The van der Waals surface area contributed by atoms with E-state index < -0.39 is 0 Å². The number of likely N-dealkylation sites (tertiary alicyclic amines) is 1. The fraction of sp³-hybridized carbons (Fsp3) is 0.636. The fourth-order valence-corrected chi connectivity index (χ4v) is 2.42. The van der Waals surface area contributed by atoms with E-state index in [9.17, 15) is 9.59 Å². The molecule has 1 fully saturated rings. The molecule has 0 aromatic rings. The van der Waals surface area contributed by atoms with Crippen LogP contribution in [0.3, 0.4) is 0 Å². The second-order valence-corrected chi connectivity index (χ2v) is 4.42. The summed E-state index contributed by atoms with van der Waals surface area (Å²) in [5.74, 6) is -0.133. The minimum absolute atomic E-state index is 0.00634. The van der Waals surface area contributed by atoms with Crippen LogP contribution in [0.25, 0.3) is 0 Å². The van der Waals surface area contributed by atoms with Crippen LogP contribution < -0.4 is 0 Å². The minimum atomic E-state index is -0.0730. The summed E-state index contributed by atoms with van der Waals surface area (Å²) in [4.78, 5) is 24.7. The second kappa shape index (κ2) is 2.94. The van der Waals surface area contributed by atoms with Gasteiger partial charge < -0.3 is 0 Å². The lowest BCUT2D eigenvalue weighted by molar-refractivity contribution is -0.138. The summed E-state index contributed by atoms with van der Waals surface area (Å²) in [6, 6.07) is 0. The van der Waals surface area contributed by atoms with Crippen LogP contribution in [0.4, 0.5) is 0 Å². The monoisotopic (exact) mass is 193 g/mol. The van der Waals surface area contributed by atoms with Gasteiger partial charge in [-0.1, -0.05) is 11.1 Å². The highest BCUT2D eigenvalue weighted by Gasteiger charge is 2.47. The van der Waals surface area contributed by atoms with Crippen LogP contribution >= 0.6 is 0 Å². The van der Waals surface area contributed by atoms with E-state index in [1.807, 2.05) is 0 Å². The standard InChI is InChI=1S/C11H15NO2/c1-6-4-8-9(5-7(6)2)11(14)12(3)10(8)13/h8-9H,4-5H2,1-3H3. The van der Waals surface area contributed by atoms with Crippen LogP contribution in [-0.4, -0.2) is 23.8 Å². The van der Waals surface area contributed by atoms with Crippen molar-refractivity contribution in [1.82, 2.24) is 4.90 Å². The summed E-state index contributed by atoms with van der Waals surface area (Å²) in [7, 11) is 1.59. The van der Waals surface area contributed by atoms with Crippen molar-refractivity contribution in [3.63, 3.8) is 0 Å². The molecule has 2 amide bonds. The van der Waals surface area contributed by atoms with Gasteiger partial charge in [0.05, 0.1) is 11.8 Å². The molecule has 0 bridgehead atoms. The lowest BCUT2D eigenvalue weighted by Gasteiger charge is -2.23. The molecule has 2 unspecified atom stereocenters. The van der Waals surface area contributed by atoms with Crippen LogP contribution in [-0.2, 0) is 9.59 Å².